The number of aliphatic hydroxyl groups is 1. The van der Waals surface area contributed by atoms with Gasteiger partial charge in [-0.3, -0.25) is 14.6 Å². The smallest absolute Gasteiger partial charge is 0.295 e. The fourth-order valence-electron chi connectivity index (χ4n) is 4.75. The standard InChI is InChI=1S/C28H26N2O4/c1-17-5-6-18(2)22(14-17)16-30-25(19-9-11-29-12-10-19)24(27(32)28(30)33)26(31)21-7-8-23-20(15-21)4-3-13-34-23/h5-12,14-15,25,31H,3-4,13,16H2,1-2H3/b26-24-. The summed E-state index contributed by atoms with van der Waals surface area (Å²) < 4.78 is 5.68. The lowest BCUT2D eigenvalue weighted by Gasteiger charge is -2.26. The summed E-state index contributed by atoms with van der Waals surface area (Å²) in [6.45, 7) is 4.92. The highest BCUT2D eigenvalue weighted by Crippen LogP contribution is 2.41. The molecule has 0 spiro atoms. The first kappa shape index (κ1) is 21.9. The highest BCUT2D eigenvalue weighted by Gasteiger charge is 2.46. The van der Waals surface area contributed by atoms with E-state index in [-0.39, 0.29) is 17.9 Å². The number of hydrogen-bond donors (Lipinski definition) is 1. The molecule has 3 heterocycles. The molecule has 2 aliphatic heterocycles. The molecule has 6 nitrogen and oxygen atoms in total. The zero-order valence-electron chi connectivity index (χ0n) is 19.2. The molecule has 5 rings (SSSR count). The zero-order chi connectivity index (χ0) is 23.8. The average Bonchev–Trinajstić information content (AvgIpc) is 3.11. The summed E-state index contributed by atoms with van der Waals surface area (Å²) in [5, 5.41) is 11.3. The van der Waals surface area contributed by atoms with Crippen molar-refractivity contribution in [2.24, 2.45) is 0 Å². The Labute approximate surface area is 198 Å². The van der Waals surface area contributed by atoms with E-state index >= 15 is 0 Å². The molecule has 0 radical (unpaired) electrons. The number of rotatable bonds is 4. The number of ketones is 1. The lowest BCUT2D eigenvalue weighted by molar-refractivity contribution is -0.140. The number of likely N-dealkylation sites (tertiary alicyclic amines) is 1. The molecular weight excluding hydrogens is 428 g/mol. The van der Waals surface area contributed by atoms with Gasteiger partial charge in [-0.15, -0.1) is 0 Å². The van der Waals surface area contributed by atoms with Crippen molar-refractivity contribution >= 4 is 17.4 Å². The Bertz CT molecular complexity index is 1310. The third kappa shape index (κ3) is 3.85. The van der Waals surface area contributed by atoms with Crippen molar-refractivity contribution in [1.82, 2.24) is 9.88 Å². The lowest BCUT2D eigenvalue weighted by Crippen LogP contribution is -2.29. The summed E-state index contributed by atoms with van der Waals surface area (Å²) in [6.07, 6.45) is 4.99. The third-order valence-corrected chi connectivity index (χ3v) is 6.59. The third-order valence-electron chi connectivity index (χ3n) is 6.59. The number of ether oxygens (including phenoxy) is 1. The molecule has 1 fully saturated rings. The lowest BCUT2D eigenvalue weighted by atomic mass is 9.94. The molecule has 34 heavy (non-hydrogen) atoms. The van der Waals surface area contributed by atoms with Gasteiger partial charge < -0.3 is 14.7 Å². The number of aliphatic hydroxyl groups excluding tert-OH is 1. The predicted octanol–water partition coefficient (Wildman–Crippen LogP) is 4.65. The minimum Gasteiger partial charge on any atom is -0.507 e. The second-order valence-electron chi connectivity index (χ2n) is 8.91. The maximum atomic E-state index is 13.3. The van der Waals surface area contributed by atoms with Gasteiger partial charge >= 0.3 is 0 Å². The molecule has 1 atom stereocenters. The molecule has 1 amide bonds. The number of amides is 1. The maximum absolute atomic E-state index is 13.3. The molecule has 1 N–H and O–H groups in total. The van der Waals surface area contributed by atoms with Crippen molar-refractivity contribution in [3.8, 4) is 5.75 Å². The molecule has 1 aromatic heterocycles. The van der Waals surface area contributed by atoms with E-state index in [1.54, 1.807) is 35.5 Å². The molecule has 0 saturated carbocycles. The van der Waals surface area contributed by atoms with Crippen LogP contribution in [0.2, 0.25) is 0 Å². The summed E-state index contributed by atoms with van der Waals surface area (Å²) >= 11 is 0. The topological polar surface area (TPSA) is 79.7 Å². The van der Waals surface area contributed by atoms with E-state index in [2.05, 4.69) is 4.98 Å². The number of aromatic nitrogens is 1. The normalized spacial score (nSPS) is 19.1. The van der Waals surface area contributed by atoms with E-state index in [9.17, 15) is 14.7 Å². The second kappa shape index (κ2) is 8.78. The van der Waals surface area contributed by atoms with E-state index in [1.807, 2.05) is 44.2 Å². The summed E-state index contributed by atoms with van der Waals surface area (Å²) in [4.78, 5) is 32.2. The predicted molar refractivity (Wildman–Crippen MR) is 128 cm³/mol. The number of carbonyl (C=O) groups is 2. The quantitative estimate of drug-likeness (QED) is 0.353. The van der Waals surface area contributed by atoms with Crippen molar-refractivity contribution in [3.05, 3.63) is 99.9 Å². The van der Waals surface area contributed by atoms with Crippen LogP contribution in [0.4, 0.5) is 0 Å². The Morgan fingerprint density at radius 2 is 1.88 bits per heavy atom. The highest BCUT2D eigenvalue weighted by molar-refractivity contribution is 6.46. The number of pyridine rings is 1. The SMILES string of the molecule is Cc1ccc(C)c(CN2C(=O)C(=O)/C(=C(\O)c3ccc4c(c3)CCCO4)C2c2ccncc2)c1. The van der Waals surface area contributed by atoms with Crippen molar-refractivity contribution in [3.63, 3.8) is 0 Å². The summed E-state index contributed by atoms with van der Waals surface area (Å²) in [6, 6.07) is 14.3. The van der Waals surface area contributed by atoms with E-state index < -0.39 is 17.7 Å². The fraction of sp³-hybridized carbons (Fsp3) is 0.250. The summed E-state index contributed by atoms with van der Waals surface area (Å²) in [7, 11) is 0. The van der Waals surface area contributed by atoms with Gasteiger partial charge in [-0.05, 0) is 79.3 Å². The Morgan fingerprint density at radius 3 is 2.68 bits per heavy atom. The Morgan fingerprint density at radius 1 is 1.09 bits per heavy atom. The molecule has 172 valence electrons. The molecule has 2 aliphatic rings. The number of hydrogen-bond acceptors (Lipinski definition) is 5. The first-order chi connectivity index (χ1) is 16.4. The molecule has 0 bridgehead atoms. The van der Waals surface area contributed by atoms with Crippen LogP contribution in [0.15, 0.2) is 66.5 Å². The van der Waals surface area contributed by atoms with Crippen molar-refractivity contribution in [2.75, 3.05) is 6.61 Å². The number of benzene rings is 2. The first-order valence-electron chi connectivity index (χ1n) is 11.4. The minimum atomic E-state index is -0.713. The van der Waals surface area contributed by atoms with Crippen LogP contribution >= 0.6 is 0 Å². The van der Waals surface area contributed by atoms with Crippen LogP contribution in [0, 0.1) is 13.8 Å². The van der Waals surface area contributed by atoms with Gasteiger partial charge in [0, 0.05) is 24.5 Å². The number of Topliss-reactive ketones (excluding diaryl/α,β-unsaturated/α-hetero) is 1. The molecule has 1 saturated heterocycles. The maximum Gasteiger partial charge on any atom is 0.295 e. The molecule has 0 aliphatic carbocycles. The second-order valence-corrected chi connectivity index (χ2v) is 8.91. The largest absolute Gasteiger partial charge is 0.507 e. The molecule has 1 unspecified atom stereocenters. The number of aryl methyl sites for hydroxylation is 3. The van der Waals surface area contributed by atoms with Gasteiger partial charge in [0.05, 0.1) is 18.2 Å². The monoisotopic (exact) mass is 454 g/mol. The Kier molecular flexibility index (Phi) is 5.65. The van der Waals surface area contributed by atoms with Crippen LogP contribution in [-0.4, -0.2) is 33.3 Å². The number of nitrogens with zero attached hydrogens (tertiary/aromatic N) is 2. The molecule has 6 heteroatoms. The summed E-state index contributed by atoms with van der Waals surface area (Å²) in [5.74, 6) is -0.676. The molecule has 2 aromatic carbocycles. The van der Waals surface area contributed by atoms with Crippen LogP contribution in [0.25, 0.3) is 5.76 Å². The van der Waals surface area contributed by atoms with Gasteiger partial charge in [-0.2, -0.15) is 0 Å². The zero-order valence-corrected chi connectivity index (χ0v) is 19.2. The van der Waals surface area contributed by atoms with E-state index in [0.717, 1.165) is 46.4 Å². The van der Waals surface area contributed by atoms with E-state index in [0.29, 0.717) is 12.2 Å². The first-order valence-corrected chi connectivity index (χ1v) is 11.4. The van der Waals surface area contributed by atoms with Crippen LogP contribution in [0.5, 0.6) is 5.75 Å². The van der Waals surface area contributed by atoms with Gasteiger partial charge in [0.25, 0.3) is 11.7 Å². The van der Waals surface area contributed by atoms with E-state index in [4.69, 9.17) is 4.74 Å². The highest BCUT2D eigenvalue weighted by atomic mass is 16.5. The number of carbonyl (C=O) groups excluding carboxylic acids is 2. The van der Waals surface area contributed by atoms with Crippen LogP contribution in [-0.2, 0) is 22.6 Å². The van der Waals surface area contributed by atoms with Gasteiger partial charge in [-0.25, -0.2) is 0 Å². The van der Waals surface area contributed by atoms with Gasteiger partial charge in [0.15, 0.2) is 0 Å². The average molecular weight is 455 g/mol. The van der Waals surface area contributed by atoms with Crippen molar-refractivity contribution < 1.29 is 19.4 Å². The Balaban J connectivity index is 1.63. The fourth-order valence-corrected chi connectivity index (χ4v) is 4.75. The van der Waals surface area contributed by atoms with Gasteiger partial charge in [0.2, 0.25) is 0 Å². The summed E-state index contributed by atoms with van der Waals surface area (Å²) in [5.41, 5.74) is 5.39. The number of fused-ring (bicyclic) bond motifs is 1. The van der Waals surface area contributed by atoms with Crippen LogP contribution < -0.4 is 4.74 Å². The van der Waals surface area contributed by atoms with Gasteiger partial charge in [-0.1, -0.05) is 23.8 Å². The van der Waals surface area contributed by atoms with E-state index in [1.165, 1.54) is 0 Å². The minimum absolute atomic E-state index is 0.0955. The van der Waals surface area contributed by atoms with Crippen LogP contribution in [0.3, 0.4) is 0 Å². The molecule has 3 aromatic rings. The van der Waals surface area contributed by atoms with Crippen molar-refractivity contribution in [2.45, 2.75) is 39.3 Å². The molecular formula is C28H26N2O4. The van der Waals surface area contributed by atoms with Gasteiger partial charge in [0.1, 0.15) is 11.5 Å². The Hall–Kier alpha value is -3.93. The van der Waals surface area contributed by atoms with Crippen LogP contribution in [0.1, 0.15) is 45.8 Å². The van der Waals surface area contributed by atoms with Crippen molar-refractivity contribution in [1.29, 1.82) is 0 Å².